The van der Waals surface area contributed by atoms with Crippen molar-refractivity contribution < 1.29 is 9.53 Å². The number of hydrogen-bond acceptors (Lipinski definition) is 4. The summed E-state index contributed by atoms with van der Waals surface area (Å²) in [5, 5.41) is 5.54. The minimum atomic E-state index is -0.227. The summed E-state index contributed by atoms with van der Waals surface area (Å²) in [4.78, 5) is 17.8. The monoisotopic (exact) mass is 264 g/mol. The van der Waals surface area contributed by atoms with Gasteiger partial charge in [-0.1, -0.05) is 0 Å². The minimum absolute atomic E-state index is 0.153. The first kappa shape index (κ1) is 13.6. The van der Waals surface area contributed by atoms with Gasteiger partial charge in [0.1, 0.15) is 5.82 Å². The van der Waals surface area contributed by atoms with Crippen LogP contribution in [-0.2, 0) is 4.74 Å². The lowest BCUT2D eigenvalue weighted by atomic mass is 10.2. The van der Waals surface area contributed by atoms with E-state index in [1.807, 2.05) is 31.1 Å². The smallest absolute Gasteiger partial charge is 0.319 e. The van der Waals surface area contributed by atoms with Gasteiger partial charge in [0.25, 0.3) is 0 Å². The Hall–Kier alpha value is -1.82. The second kappa shape index (κ2) is 6.38. The molecular weight excluding hydrogens is 244 g/mol. The van der Waals surface area contributed by atoms with Gasteiger partial charge in [-0.2, -0.15) is 0 Å². The molecular formula is C13H20N4O2. The quantitative estimate of drug-likeness (QED) is 0.863. The van der Waals surface area contributed by atoms with Crippen LogP contribution in [0.1, 0.15) is 12.8 Å². The SMILES string of the molecule is CN(C)c1ccc(NC(=O)NC[C@H]2CCCO2)cn1. The predicted octanol–water partition coefficient (Wildman–Crippen LogP) is 1.45. The molecule has 6 heteroatoms. The van der Waals surface area contributed by atoms with E-state index in [-0.39, 0.29) is 12.1 Å². The highest BCUT2D eigenvalue weighted by Crippen LogP contribution is 2.12. The fourth-order valence-electron chi connectivity index (χ4n) is 1.91. The Balaban J connectivity index is 1.77. The Morgan fingerprint density at radius 3 is 2.95 bits per heavy atom. The Morgan fingerprint density at radius 1 is 1.53 bits per heavy atom. The molecule has 1 fully saturated rings. The largest absolute Gasteiger partial charge is 0.376 e. The van der Waals surface area contributed by atoms with E-state index in [0.717, 1.165) is 25.3 Å². The number of carbonyl (C=O) groups excluding carboxylic acids is 1. The van der Waals surface area contributed by atoms with Gasteiger partial charge in [0.05, 0.1) is 18.0 Å². The second-order valence-corrected chi connectivity index (χ2v) is 4.77. The average Bonchev–Trinajstić information content (AvgIpc) is 2.90. The van der Waals surface area contributed by atoms with Crippen molar-refractivity contribution in [2.24, 2.45) is 0 Å². The molecule has 1 atom stereocenters. The zero-order valence-electron chi connectivity index (χ0n) is 11.3. The van der Waals surface area contributed by atoms with E-state index in [1.54, 1.807) is 6.20 Å². The maximum atomic E-state index is 11.7. The van der Waals surface area contributed by atoms with Crippen LogP contribution in [0.4, 0.5) is 16.3 Å². The lowest BCUT2D eigenvalue weighted by molar-refractivity contribution is 0.112. The highest BCUT2D eigenvalue weighted by Gasteiger charge is 2.16. The minimum Gasteiger partial charge on any atom is -0.376 e. The van der Waals surface area contributed by atoms with Crippen LogP contribution in [0, 0.1) is 0 Å². The molecule has 0 saturated carbocycles. The van der Waals surface area contributed by atoms with E-state index < -0.39 is 0 Å². The highest BCUT2D eigenvalue weighted by atomic mass is 16.5. The Bertz CT molecular complexity index is 413. The molecule has 0 radical (unpaired) electrons. The summed E-state index contributed by atoms with van der Waals surface area (Å²) < 4.78 is 5.44. The molecule has 0 aliphatic carbocycles. The average molecular weight is 264 g/mol. The second-order valence-electron chi connectivity index (χ2n) is 4.77. The summed E-state index contributed by atoms with van der Waals surface area (Å²) in [7, 11) is 3.84. The van der Waals surface area contributed by atoms with Crippen LogP contribution in [0.15, 0.2) is 18.3 Å². The topological polar surface area (TPSA) is 66.5 Å². The number of hydrogen-bond donors (Lipinski definition) is 2. The van der Waals surface area contributed by atoms with Crippen molar-refractivity contribution in [1.82, 2.24) is 10.3 Å². The number of amides is 2. The number of pyridine rings is 1. The number of ether oxygens (including phenoxy) is 1. The molecule has 2 rings (SSSR count). The van der Waals surface area contributed by atoms with Gasteiger partial charge in [-0.3, -0.25) is 0 Å². The first-order valence-corrected chi connectivity index (χ1v) is 6.45. The lowest BCUT2D eigenvalue weighted by Crippen LogP contribution is -2.35. The van der Waals surface area contributed by atoms with E-state index in [9.17, 15) is 4.79 Å². The summed E-state index contributed by atoms with van der Waals surface area (Å²) in [6, 6.07) is 3.46. The van der Waals surface area contributed by atoms with Gasteiger partial charge in [-0.05, 0) is 25.0 Å². The lowest BCUT2D eigenvalue weighted by Gasteiger charge is -2.13. The molecule has 0 unspecified atom stereocenters. The Kier molecular flexibility index (Phi) is 4.57. The number of urea groups is 1. The summed E-state index contributed by atoms with van der Waals surface area (Å²) in [6.07, 6.45) is 3.88. The van der Waals surface area contributed by atoms with Crippen molar-refractivity contribution in [3.8, 4) is 0 Å². The number of nitrogens with one attached hydrogen (secondary N) is 2. The standard InChI is InChI=1S/C13H20N4O2/c1-17(2)12-6-5-10(8-14-12)16-13(18)15-9-11-4-3-7-19-11/h5-6,8,11H,3-4,7,9H2,1-2H3,(H2,15,16,18)/t11-/m1/s1. The molecule has 1 saturated heterocycles. The van der Waals surface area contributed by atoms with Gasteiger partial charge in [-0.15, -0.1) is 0 Å². The van der Waals surface area contributed by atoms with Crippen LogP contribution < -0.4 is 15.5 Å². The Morgan fingerprint density at radius 2 is 2.37 bits per heavy atom. The molecule has 1 aliphatic heterocycles. The summed E-state index contributed by atoms with van der Waals surface area (Å²) in [6.45, 7) is 1.35. The van der Waals surface area contributed by atoms with Gasteiger partial charge in [0, 0.05) is 27.2 Å². The van der Waals surface area contributed by atoms with Gasteiger partial charge >= 0.3 is 6.03 Å². The van der Waals surface area contributed by atoms with Crippen molar-refractivity contribution in [3.63, 3.8) is 0 Å². The molecule has 2 N–H and O–H groups in total. The first-order chi connectivity index (χ1) is 9.15. The fourth-order valence-corrected chi connectivity index (χ4v) is 1.91. The molecule has 2 heterocycles. The number of carbonyl (C=O) groups is 1. The number of anilines is 2. The van der Waals surface area contributed by atoms with Crippen molar-refractivity contribution in [2.45, 2.75) is 18.9 Å². The fraction of sp³-hybridized carbons (Fsp3) is 0.538. The zero-order chi connectivity index (χ0) is 13.7. The summed E-state index contributed by atoms with van der Waals surface area (Å²) in [5.41, 5.74) is 0.676. The molecule has 0 spiro atoms. The van der Waals surface area contributed by atoms with Gasteiger partial charge in [0.15, 0.2) is 0 Å². The molecule has 6 nitrogen and oxygen atoms in total. The third kappa shape index (κ3) is 4.10. The number of rotatable bonds is 4. The van der Waals surface area contributed by atoms with Crippen molar-refractivity contribution in [1.29, 1.82) is 0 Å². The third-order valence-corrected chi connectivity index (χ3v) is 2.98. The Labute approximate surface area is 113 Å². The predicted molar refractivity (Wildman–Crippen MR) is 74.6 cm³/mol. The summed E-state index contributed by atoms with van der Waals surface area (Å²) in [5.74, 6) is 0.852. The van der Waals surface area contributed by atoms with E-state index in [2.05, 4.69) is 15.6 Å². The molecule has 0 bridgehead atoms. The molecule has 19 heavy (non-hydrogen) atoms. The van der Waals surface area contributed by atoms with E-state index >= 15 is 0 Å². The van der Waals surface area contributed by atoms with Crippen LogP contribution in [0.5, 0.6) is 0 Å². The number of aromatic nitrogens is 1. The van der Waals surface area contributed by atoms with E-state index in [1.165, 1.54) is 0 Å². The maximum Gasteiger partial charge on any atom is 0.319 e. The van der Waals surface area contributed by atoms with Gasteiger partial charge < -0.3 is 20.3 Å². The molecule has 104 valence electrons. The highest BCUT2D eigenvalue weighted by molar-refractivity contribution is 5.89. The van der Waals surface area contributed by atoms with Crippen molar-refractivity contribution in [2.75, 3.05) is 37.5 Å². The van der Waals surface area contributed by atoms with Crippen LogP contribution in [0.25, 0.3) is 0 Å². The molecule has 1 aliphatic rings. The van der Waals surface area contributed by atoms with Crippen LogP contribution >= 0.6 is 0 Å². The first-order valence-electron chi connectivity index (χ1n) is 6.45. The molecule has 2 amide bonds. The molecule has 1 aromatic rings. The zero-order valence-corrected chi connectivity index (χ0v) is 11.3. The van der Waals surface area contributed by atoms with Crippen molar-refractivity contribution >= 4 is 17.5 Å². The molecule has 0 aromatic carbocycles. The normalized spacial score (nSPS) is 18.1. The van der Waals surface area contributed by atoms with Crippen LogP contribution in [0.2, 0.25) is 0 Å². The van der Waals surface area contributed by atoms with E-state index in [4.69, 9.17) is 4.74 Å². The summed E-state index contributed by atoms with van der Waals surface area (Å²) >= 11 is 0. The van der Waals surface area contributed by atoms with Gasteiger partial charge in [0.2, 0.25) is 0 Å². The molecule has 1 aromatic heterocycles. The van der Waals surface area contributed by atoms with Crippen LogP contribution in [-0.4, -0.2) is 44.4 Å². The van der Waals surface area contributed by atoms with Crippen molar-refractivity contribution in [3.05, 3.63) is 18.3 Å². The van der Waals surface area contributed by atoms with Gasteiger partial charge in [-0.25, -0.2) is 9.78 Å². The number of nitrogens with zero attached hydrogens (tertiary/aromatic N) is 2. The van der Waals surface area contributed by atoms with Crippen LogP contribution in [0.3, 0.4) is 0 Å². The van der Waals surface area contributed by atoms with E-state index in [0.29, 0.717) is 12.2 Å². The third-order valence-electron chi connectivity index (χ3n) is 2.98. The maximum absolute atomic E-state index is 11.7.